The number of para-hydroxylation sites is 1. The molecule has 192 valence electrons. The molecule has 2 heterocycles. The molecule has 0 bridgehead atoms. The maximum Gasteiger partial charge on any atom is 0.267 e. The molecule has 37 heavy (non-hydrogen) atoms. The lowest BCUT2D eigenvalue weighted by molar-refractivity contribution is -0.118. The molecule has 0 unspecified atom stereocenters. The molecule has 9 heteroatoms. The van der Waals surface area contributed by atoms with E-state index in [-0.39, 0.29) is 17.2 Å². The van der Waals surface area contributed by atoms with E-state index in [0.717, 1.165) is 52.7 Å². The van der Waals surface area contributed by atoms with E-state index in [0.29, 0.717) is 29.6 Å². The standard InChI is InChI=1S/C28H29N3O4S2/c1-34-21-13-12-18(16-22(21)35-2)14-15-29-24(32)17-36-28-30-26-25(20-10-6-7-11-23(20)37-26)27(33)31(28)19-8-4-3-5-9-19/h3-5,8-9,12-13,16H,6-7,10-11,14-15,17H2,1-2H3,(H,29,32). The summed E-state index contributed by atoms with van der Waals surface area (Å²) >= 11 is 2.92. The van der Waals surface area contributed by atoms with Crippen molar-refractivity contribution in [3.63, 3.8) is 0 Å². The minimum Gasteiger partial charge on any atom is -0.493 e. The van der Waals surface area contributed by atoms with Gasteiger partial charge in [0.15, 0.2) is 16.7 Å². The summed E-state index contributed by atoms with van der Waals surface area (Å²) in [6.45, 7) is 0.491. The second-order valence-electron chi connectivity index (χ2n) is 8.84. The molecular weight excluding hydrogens is 506 g/mol. The second kappa shape index (κ2) is 11.4. The van der Waals surface area contributed by atoms with Crippen LogP contribution in [0.4, 0.5) is 0 Å². The largest absolute Gasteiger partial charge is 0.493 e. The normalized spacial score (nSPS) is 12.8. The van der Waals surface area contributed by atoms with E-state index in [1.165, 1.54) is 16.6 Å². The fraction of sp³-hybridized carbons (Fsp3) is 0.321. The van der Waals surface area contributed by atoms with Crippen LogP contribution >= 0.6 is 23.1 Å². The summed E-state index contributed by atoms with van der Waals surface area (Å²) in [4.78, 5) is 33.4. The average Bonchev–Trinajstić information content (AvgIpc) is 3.31. The summed E-state index contributed by atoms with van der Waals surface area (Å²) in [5.74, 6) is 1.40. The topological polar surface area (TPSA) is 82.5 Å². The number of hydrogen-bond acceptors (Lipinski definition) is 7. The van der Waals surface area contributed by atoms with Crippen LogP contribution in [-0.2, 0) is 24.1 Å². The molecule has 0 fully saturated rings. The molecule has 2 aromatic heterocycles. The first-order valence-corrected chi connectivity index (χ1v) is 14.1. The second-order valence-corrected chi connectivity index (χ2v) is 10.9. The number of ether oxygens (including phenoxy) is 2. The third-order valence-corrected chi connectivity index (χ3v) is 8.61. The van der Waals surface area contributed by atoms with Gasteiger partial charge in [-0.25, -0.2) is 4.98 Å². The SMILES string of the molecule is COc1ccc(CCNC(=O)CSc2nc3sc4c(c3c(=O)n2-c2ccccc2)CCCC4)cc1OC. The number of methoxy groups -OCH3 is 2. The van der Waals surface area contributed by atoms with Crippen molar-refractivity contribution in [3.8, 4) is 17.2 Å². The van der Waals surface area contributed by atoms with Crippen molar-refractivity contribution in [1.29, 1.82) is 0 Å². The van der Waals surface area contributed by atoms with Gasteiger partial charge in [-0.2, -0.15) is 0 Å². The Hall–Kier alpha value is -3.30. The zero-order chi connectivity index (χ0) is 25.8. The molecule has 1 amide bonds. The molecule has 2 aromatic carbocycles. The van der Waals surface area contributed by atoms with E-state index in [9.17, 15) is 9.59 Å². The summed E-state index contributed by atoms with van der Waals surface area (Å²) < 4.78 is 12.3. The monoisotopic (exact) mass is 535 g/mol. The Morgan fingerprint density at radius 1 is 1.08 bits per heavy atom. The quantitative estimate of drug-likeness (QED) is 0.245. The van der Waals surface area contributed by atoms with Gasteiger partial charge in [-0.3, -0.25) is 14.2 Å². The van der Waals surface area contributed by atoms with Crippen molar-refractivity contribution in [2.24, 2.45) is 0 Å². The van der Waals surface area contributed by atoms with Gasteiger partial charge in [0.1, 0.15) is 4.83 Å². The first-order chi connectivity index (χ1) is 18.1. The van der Waals surface area contributed by atoms with Crippen LogP contribution in [0.25, 0.3) is 15.9 Å². The molecule has 4 aromatic rings. The summed E-state index contributed by atoms with van der Waals surface area (Å²) in [6, 6.07) is 15.3. The number of benzene rings is 2. The van der Waals surface area contributed by atoms with Crippen LogP contribution in [-0.4, -0.2) is 42.0 Å². The highest BCUT2D eigenvalue weighted by atomic mass is 32.2. The molecule has 1 aliphatic carbocycles. The number of rotatable bonds is 9. The fourth-order valence-electron chi connectivity index (χ4n) is 4.65. The highest BCUT2D eigenvalue weighted by Crippen LogP contribution is 2.35. The number of carbonyl (C=O) groups is 1. The Bertz CT molecular complexity index is 1480. The van der Waals surface area contributed by atoms with Gasteiger partial charge < -0.3 is 14.8 Å². The smallest absolute Gasteiger partial charge is 0.267 e. The Balaban J connectivity index is 1.32. The first kappa shape index (κ1) is 25.4. The number of carbonyl (C=O) groups excluding carboxylic acids is 1. The fourth-order valence-corrected chi connectivity index (χ4v) is 6.80. The van der Waals surface area contributed by atoms with Crippen molar-refractivity contribution in [3.05, 3.63) is 74.9 Å². The third kappa shape index (κ3) is 5.38. The Morgan fingerprint density at radius 2 is 1.86 bits per heavy atom. The van der Waals surface area contributed by atoms with Gasteiger partial charge in [-0.05, 0) is 67.5 Å². The van der Waals surface area contributed by atoms with Gasteiger partial charge >= 0.3 is 0 Å². The maximum absolute atomic E-state index is 13.8. The maximum atomic E-state index is 13.8. The van der Waals surface area contributed by atoms with Crippen molar-refractivity contribution in [1.82, 2.24) is 14.9 Å². The van der Waals surface area contributed by atoms with Gasteiger partial charge in [0.2, 0.25) is 5.91 Å². The molecule has 1 aliphatic rings. The number of fused-ring (bicyclic) bond motifs is 3. The highest BCUT2D eigenvalue weighted by molar-refractivity contribution is 7.99. The van der Waals surface area contributed by atoms with E-state index in [1.54, 1.807) is 30.1 Å². The van der Waals surface area contributed by atoms with Crippen molar-refractivity contribution < 1.29 is 14.3 Å². The van der Waals surface area contributed by atoms with Crippen LogP contribution < -0.4 is 20.3 Å². The Morgan fingerprint density at radius 3 is 2.65 bits per heavy atom. The Kier molecular flexibility index (Phi) is 7.81. The van der Waals surface area contributed by atoms with Crippen LogP contribution in [0, 0.1) is 0 Å². The molecule has 0 saturated heterocycles. The lowest BCUT2D eigenvalue weighted by Gasteiger charge is -2.13. The van der Waals surface area contributed by atoms with Crippen molar-refractivity contribution >= 4 is 39.2 Å². The number of amides is 1. The summed E-state index contributed by atoms with van der Waals surface area (Å²) in [7, 11) is 3.21. The minimum atomic E-state index is -0.107. The molecule has 0 saturated carbocycles. The average molecular weight is 536 g/mol. The lowest BCUT2D eigenvalue weighted by atomic mass is 9.97. The van der Waals surface area contributed by atoms with E-state index in [4.69, 9.17) is 14.5 Å². The molecule has 1 N–H and O–H groups in total. The molecular formula is C28H29N3O4S2. The molecule has 0 aliphatic heterocycles. The van der Waals surface area contributed by atoms with Crippen LogP contribution in [0.2, 0.25) is 0 Å². The summed E-state index contributed by atoms with van der Waals surface area (Å²) in [5.41, 5.74) is 2.91. The van der Waals surface area contributed by atoms with Gasteiger partial charge in [0.25, 0.3) is 5.56 Å². The van der Waals surface area contributed by atoms with E-state index >= 15 is 0 Å². The summed E-state index contributed by atoms with van der Waals surface area (Å²) in [5, 5.41) is 4.26. The zero-order valence-electron chi connectivity index (χ0n) is 20.9. The number of nitrogens with zero attached hydrogens (tertiary/aromatic N) is 2. The van der Waals surface area contributed by atoms with E-state index < -0.39 is 0 Å². The Labute approximate surface area is 223 Å². The highest BCUT2D eigenvalue weighted by Gasteiger charge is 2.23. The van der Waals surface area contributed by atoms with Gasteiger partial charge in [0, 0.05) is 11.4 Å². The molecule has 0 radical (unpaired) electrons. The number of thiophene rings is 1. The van der Waals surface area contributed by atoms with Gasteiger partial charge in [-0.1, -0.05) is 36.0 Å². The minimum absolute atomic E-state index is 0.0491. The lowest BCUT2D eigenvalue weighted by Crippen LogP contribution is -2.28. The van der Waals surface area contributed by atoms with Crippen LogP contribution in [0.3, 0.4) is 0 Å². The zero-order valence-corrected chi connectivity index (χ0v) is 22.5. The molecule has 0 spiro atoms. The molecule has 5 rings (SSSR count). The van der Waals surface area contributed by atoms with Crippen LogP contribution in [0.1, 0.15) is 28.8 Å². The van der Waals surface area contributed by atoms with E-state index in [1.807, 2.05) is 48.5 Å². The van der Waals surface area contributed by atoms with Crippen LogP contribution in [0.15, 0.2) is 58.5 Å². The number of nitrogens with one attached hydrogen (secondary N) is 1. The number of hydrogen-bond donors (Lipinski definition) is 1. The van der Waals surface area contributed by atoms with Crippen LogP contribution in [0.5, 0.6) is 11.5 Å². The van der Waals surface area contributed by atoms with E-state index in [2.05, 4.69) is 5.32 Å². The van der Waals surface area contributed by atoms with Gasteiger partial charge in [0.05, 0.1) is 31.0 Å². The molecule has 0 atom stereocenters. The third-order valence-electron chi connectivity index (χ3n) is 6.49. The summed E-state index contributed by atoms with van der Waals surface area (Å²) in [6.07, 6.45) is 4.85. The van der Waals surface area contributed by atoms with Crippen molar-refractivity contribution in [2.75, 3.05) is 26.5 Å². The predicted octanol–water partition coefficient (Wildman–Crippen LogP) is 4.79. The van der Waals surface area contributed by atoms with Crippen molar-refractivity contribution in [2.45, 2.75) is 37.3 Å². The first-order valence-electron chi connectivity index (χ1n) is 12.3. The number of thioether (sulfide) groups is 1. The predicted molar refractivity (Wildman–Crippen MR) is 149 cm³/mol. The number of aryl methyl sites for hydroxylation is 2. The number of aromatic nitrogens is 2. The molecule has 7 nitrogen and oxygen atoms in total. The van der Waals surface area contributed by atoms with Gasteiger partial charge in [-0.15, -0.1) is 11.3 Å².